The molecule has 1 N–H and O–H groups in total. The molecule has 0 aromatic heterocycles. The van der Waals surface area contributed by atoms with Crippen LogP contribution in [0.5, 0.6) is 0 Å². The molecule has 0 aromatic rings. The van der Waals surface area contributed by atoms with Crippen LogP contribution in [-0.2, 0) is 9.84 Å². The van der Waals surface area contributed by atoms with Crippen molar-refractivity contribution in [3.05, 3.63) is 0 Å². The molecule has 0 unspecified atom stereocenters. The molecule has 12 heavy (non-hydrogen) atoms. The summed E-state index contributed by atoms with van der Waals surface area (Å²) < 4.78 is 22.0. The van der Waals surface area contributed by atoms with E-state index in [1.165, 1.54) is 0 Å². The van der Waals surface area contributed by atoms with Crippen molar-refractivity contribution in [1.29, 1.82) is 0 Å². The van der Waals surface area contributed by atoms with Crippen LogP contribution in [0.1, 0.15) is 6.92 Å². The van der Waals surface area contributed by atoms with Gasteiger partial charge in [-0.05, 0) is 6.92 Å². The first-order valence-corrected chi connectivity index (χ1v) is 5.92. The molecule has 0 amide bonds. The molecular weight excluding hydrogens is 178 g/mol. The number of rotatable bonds is 2. The van der Waals surface area contributed by atoms with Gasteiger partial charge in [0, 0.05) is 19.6 Å². The molecule has 4 nitrogen and oxygen atoms in total. The van der Waals surface area contributed by atoms with Gasteiger partial charge in [-0.2, -0.15) is 0 Å². The van der Waals surface area contributed by atoms with Crippen molar-refractivity contribution >= 4 is 9.84 Å². The number of β-amino-alcohol motifs (C(OH)–C–C–N with tert-alkyl or cyclic N) is 1. The van der Waals surface area contributed by atoms with Crippen molar-refractivity contribution in [1.82, 2.24) is 4.90 Å². The van der Waals surface area contributed by atoms with Crippen molar-refractivity contribution in [2.45, 2.75) is 13.0 Å². The van der Waals surface area contributed by atoms with E-state index in [0.717, 1.165) is 0 Å². The SMILES string of the molecule is C[C@H](O)CN1CCS(=O)(=O)CC1. The molecule has 0 spiro atoms. The van der Waals surface area contributed by atoms with Crippen molar-refractivity contribution in [2.24, 2.45) is 0 Å². The predicted octanol–water partition coefficient (Wildman–Crippen LogP) is -0.902. The van der Waals surface area contributed by atoms with Gasteiger partial charge in [0.25, 0.3) is 0 Å². The van der Waals surface area contributed by atoms with Crippen LogP contribution in [0.25, 0.3) is 0 Å². The van der Waals surface area contributed by atoms with Crippen LogP contribution in [0.3, 0.4) is 0 Å². The molecule has 0 aromatic carbocycles. The lowest BCUT2D eigenvalue weighted by molar-refractivity contribution is 0.132. The van der Waals surface area contributed by atoms with E-state index in [0.29, 0.717) is 19.6 Å². The quantitative estimate of drug-likeness (QED) is 0.617. The number of hydrogen-bond acceptors (Lipinski definition) is 4. The Morgan fingerprint density at radius 3 is 2.33 bits per heavy atom. The Bertz CT molecular complexity index is 221. The molecule has 1 fully saturated rings. The number of hydrogen-bond donors (Lipinski definition) is 1. The fourth-order valence-corrected chi connectivity index (χ4v) is 2.58. The maximum Gasteiger partial charge on any atom is 0.152 e. The predicted molar refractivity (Wildman–Crippen MR) is 46.8 cm³/mol. The minimum atomic E-state index is -2.77. The molecule has 1 rings (SSSR count). The lowest BCUT2D eigenvalue weighted by atomic mass is 10.3. The molecule has 1 aliphatic heterocycles. The van der Waals surface area contributed by atoms with E-state index in [1.807, 2.05) is 4.90 Å². The van der Waals surface area contributed by atoms with E-state index in [2.05, 4.69) is 0 Å². The third-order valence-electron chi connectivity index (χ3n) is 1.96. The fourth-order valence-electron chi connectivity index (χ4n) is 1.31. The second-order valence-corrected chi connectivity index (χ2v) is 5.61. The standard InChI is InChI=1S/C7H15NO3S/c1-7(9)6-8-2-4-12(10,11)5-3-8/h7,9H,2-6H2,1H3/t7-/m0/s1. The van der Waals surface area contributed by atoms with Gasteiger partial charge in [-0.25, -0.2) is 8.42 Å². The fraction of sp³-hybridized carbons (Fsp3) is 1.00. The molecule has 1 aliphatic rings. The third-order valence-corrected chi connectivity index (χ3v) is 3.57. The Morgan fingerprint density at radius 2 is 1.92 bits per heavy atom. The first kappa shape index (κ1) is 9.95. The van der Waals surface area contributed by atoms with Crippen molar-refractivity contribution < 1.29 is 13.5 Å². The van der Waals surface area contributed by atoms with E-state index < -0.39 is 9.84 Å². The summed E-state index contributed by atoms with van der Waals surface area (Å²) in [6, 6.07) is 0. The summed E-state index contributed by atoms with van der Waals surface area (Å²) >= 11 is 0. The lowest BCUT2D eigenvalue weighted by Gasteiger charge is -2.27. The zero-order valence-electron chi connectivity index (χ0n) is 7.23. The van der Waals surface area contributed by atoms with Crippen molar-refractivity contribution in [3.8, 4) is 0 Å². The highest BCUT2D eigenvalue weighted by molar-refractivity contribution is 7.91. The Kier molecular flexibility index (Phi) is 3.09. The summed E-state index contributed by atoms with van der Waals surface area (Å²) in [5.74, 6) is 0.472. The summed E-state index contributed by atoms with van der Waals surface area (Å²) in [4.78, 5) is 1.98. The molecule has 0 radical (unpaired) electrons. The van der Waals surface area contributed by atoms with E-state index in [1.54, 1.807) is 6.92 Å². The van der Waals surface area contributed by atoms with Gasteiger partial charge in [0.2, 0.25) is 0 Å². The van der Waals surface area contributed by atoms with Crippen LogP contribution in [0.15, 0.2) is 0 Å². The molecular formula is C7H15NO3S. The Labute approximate surface area is 73.1 Å². The molecule has 0 bridgehead atoms. The first-order chi connectivity index (χ1) is 5.49. The van der Waals surface area contributed by atoms with Crippen LogP contribution >= 0.6 is 0 Å². The van der Waals surface area contributed by atoms with E-state index in [-0.39, 0.29) is 17.6 Å². The second-order valence-electron chi connectivity index (χ2n) is 3.30. The molecule has 0 saturated carbocycles. The van der Waals surface area contributed by atoms with E-state index in [9.17, 15) is 8.42 Å². The minimum Gasteiger partial charge on any atom is -0.392 e. The maximum atomic E-state index is 11.0. The molecule has 1 atom stereocenters. The second kappa shape index (κ2) is 3.72. The number of aliphatic hydroxyl groups is 1. The number of nitrogens with zero attached hydrogens (tertiary/aromatic N) is 1. The zero-order chi connectivity index (χ0) is 9.19. The van der Waals surface area contributed by atoms with Gasteiger partial charge in [-0.15, -0.1) is 0 Å². The highest BCUT2D eigenvalue weighted by Gasteiger charge is 2.21. The van der Waals surface area contributed by atoms with Crippen LogP contribution in [0, 0.1) is 0 Å². The van der Waals surface area contributed by atoms with Crippen molar-refractivity contribution in [2.75, 3.05) is 31.1 Å². The molecule has 5 heteroatoms. The van der Waals surface area contributed by atoms with Gasteiger partial charge in [-0.3, -0.25) is 4.90 Å². The summed E-state index contributed by atoms with van der Waals surface area (Å²) in [5, 5.41) is 9.04. The maximum absolute atomic E-state index is 11.0. The largest absolute Gasteiger partial charge is 0.392 e. The Hall–Kier alpha value is -0.130. The van der Waals surface area contributed by atoms with Crippen LogP contribution < -0.4 is 0 Å². The normalized spacial score (nSPS) is 26.8. The third kappa shape index (κ3) is 3.08. The highest BCUT2D eigenvalue weighted by Crippen LogP contribution is 2.03. The zero-order valence-corrected chi connectivity index (χ0v) is 8.05. The van der Waals surface area contributed by atoms with Gasteiger partial charge in [0.05, 0.1) is 17.6 Å². The first-order valence-electron chi connectivity index (χ1n) is 4.10. The number of sulfone groups is 1. The minimum absolute atomic E-state index is 0.236. The summed E-state index contributed by atoms with van der Waals surface area (Å²) in [6.45, 7) is 3.42. The topological polar surface area (TPSA) is 57.6 Å². The average Bonchev–Trinajstić information content (AvgIpc) is 1.93. The van der Waals surface area contributed by atoms with Gasteiger partial charge < -0.3 is 5.11 Å². The summed E-state index contributed by atoms with van der Waals surface area (Å²) in [6.07, 6.45) is -0.370. The lowest BCUT2D eigenvalue weighted by Crippen LogP contribution is -2.43. The van der Waals surface area contributed by atoms with Gasteiger partial charge >= 0.3 is 0 Å². The molecule has 1 saturated heterocycles. The van der Waals surface area contributed by atoms with Crippen LogP contribution in [-0.4, -0.2) is 55.7 Å². The van der Waals surface area contributed by atoms with Gasteiger partial charge in [0.15, 0.2) is 9.84 Å². The molecule has 0 aliphatic carbocycles. The van der Waals surface area contributed by atoms with Gasteiger partial charge in [0.1, 0.15) is 0 Å². The van der Waals surface area contributed by atoms with E-state index >= 15 is 0 Å². The van der Waals surface area contributed by atoms with E-state index in [4.69, 9.17) is 5.11 Å². The molecule has 1 heterocycles. The summed E-state index contributed by atoms with van der Waals surface area (Å²) in [7, 11) is -2.77. The average molecular weight is 193 g/mol. The highest BCUT2D eigenvalue weighted by atomic mass is 32.2. The molecule has 72 valence electrons. The monoisotopic (exact) mass is 193 g/mol. The number of aliphatic hydroxyl groups excluding tert-OH is 1. The van der Waals surface area contributed by atoms with Crippen molar-refractivity contribution in [3.63, 3.8) is 0 Å². The van der Waals surface area contributed by atoms with Crippen LogP contribution in [0.2, 0.25) is 0 Å². The van der Waals surface area contributed by atoms with Crippen LogP contribution in [0.4, 0.5) is 0 Å². The van der Waals surface area contributed by atoms with Gasteiger partial charge in [-0.1, -0.05) is 0 Å². The Morgan fingerprint density at radius 1 is 1.42 bits per heavy atom. The summed E-state index contributed by atoms with van der Waals surface area (Å²) in [5.41, 5.74) is 0. The smallest absolute Gasteiger partial charge is 0.152 e. The Balaban J connectivity index is 2.36.